The van der Waals surface area contributed by atoms with Crippen molar-refractivity contribution in [2.75, 3.05) is 32.8 Å². The minimum atomic E-state index is -2.80. The third-order valence-electron chi connectivity index (χ3n) is 4.66. The zero-order chi connectivity index (χ0) is 19.2. The van der Waals surface area contributed by atoms with Gasteiger partial charge in [0.1, 0.15) is 5.75 Å². The molecule has 0 unspecified atom stereocenters. The second-order valence-electron chi connectivity index (χ2n) is 6.62. The van der Waals surface area contributed by atoms with Crippen molar-refractivity contribution in [1.29, 1.82) is 0 Å². The first-order valence-electron chi connectivity index (χ1n) is 8.97. The van der Waals surface area contributed by atoms with Crippen LogP contribution >= 0.6 is 15.9 Å². The highest BCUT2D eigenvalue weighted by molar-refractivity contribution is 9.10. The molecule has 1 atom stereocenters. The molecular formula is C19H26BrF2NO3. The number of carbonyl (C=O) groups is 1. The largest absolute Gasteiger partial charge is 0.493 e. The number of carbonyl (C=O) groups excluding carboxylic acids is 1. The Morgan fingerprint density at radius 1 is 1.42 bits per heavy atom. The van der Waals surface area contributed by atoms with Crippen molar-refractivity contribution < 1.29 is 23.0 Å². The molecule has 0 N–H and O–H groups in total. The number of nitrogens with zero attached hydrogens (tertiary/aromatic N) is 1. The van der Waals surface area contributed by atoms with Crippen LogP contribution in [0, 0.1) is 12.8 Å². The predicted molar refractivity (Wildman–Crippen MR) is 99.7 cm³/mol. The Kier molecular flexibility index (Phi) is 7.83. The average molecular weight is 434 g/mol. The van der Waals surface area contributed by atoms with Crippen molar-refractivity contribution in [1.82, 2.24) is 4.90 Å². The van der Waals surface area contributed by atoms with Gasteiger partial charge in [0.2, 0.25) is 0 Å². The number of alkyl halides is 2. The second-order valence-corrected chi connectivity index (χ2v) is 7.47. The molecule has 1 fully saturated rings. The van der Waals surface area contributed by atoms with Crippen LogP contribution in [0.2, 0.25) is 0 Å². The molecule has 2 rings (SSSR count). The van der Waals surface area contributed by atoms with Gasteiger partial charge in [-0.25, -0.2) is 8.78 Å². The molecule has 0 radical (unpaired) electrons. The lowest BCUT2D eigenvalue weighted by molar-refractivity contribution is -0.150. The first-order chi connectivity index (χ1) is 12.3. The third kappa shape index (κ3) is 5.91. The fourth-order valence-electron chi connectivity index (χ4n) is 3.19. The van der Waals surface area contributed by atoms with E-state index in [-0.39, 0.29) is 19.7 Å². The lowest BCUT2D eigenvalue weighted by atomic mass is 9.88. The Morgan fingerprint density at radius 3 is 2.88 bits per heavy atom. The molecule has 0 bridgehead atoms. The highest BCUT2D eigenvalue weighted by Gasteiger charge is 2.44. The summed E-state index contributed by atoms with van der Waals surface area (Å²) in [7, 11) is 0. The highest BCUT2D eigenvalue weighted by atomic mass is 79.9. The zero-order valence-corrected chi connectivity index (χ0v) is 16.9. The van der Waals surface area contributed by atoms with Gasteiger partial charge in [-0.1, -0.05) is 22.0 Å². The minimum Gasteiger partial charge on any atom is -0.493 e. The summed E-state index contributed by atoms with van der Waals surface area (Å²) >= 11 is 3.45. The maximum Gasteiger partial charge on any atom is 0.320 e. The molecule has 1 aliphatic heterocycles. The van der Waals surface area contributed by atoms with E-state index in [0.29, 0.717) is 32.4 Å². The standard InChI is InChI=1S/C19H26BrF2NO3/c1-3-25-18(24)12-23-10-9-15(19(21,22)13-23)6-5-11-26-17-8-4-7-16(20)14(17)2/h4,7-8,15H,3,5-6,9-13H2,1-2H3/t15-/m1/s1. The molecular weight excluding hydrogens is 408 g/mol. The van der Waals surface area contributed by atoms with Crippen molar-refractivity contribution in [2.24, 2.45) is 5.92 Å². The van der Waals surface area contributed by atoms with Gasteiger partial charge < -0.3 is 9.47 Å². The van der Waals surface area contributed by atoms with Gasteiger partial charge in [0.25, 0.3) is 5.92 Å². The van der Waals surface area contributed by atoms with Crippen LogP contribution in [-0.2, 0) is 9.53 Å². The van der Waals surface area contributed by atoms with E-state index >= 15 is 0 Å². The molecule has 0 aliphatic carbocycles. The van der Waals surface area contributed by atoms with E-state index in [1.54, 1.807) is 6.92 Å². The van der Waals surface area contributed by atoms with Crippen LogP contribution in [0.3, 0.4) is 0 Å². The molecule has 0 amide bonds. The average Bonchev–Trinajstić information content (AvgIpc) is 2.56. The maximum atomic E-state index is 14.4. The fraction of sp³-hybridized carbons (Fsp3) is 0.632. The number of esters is 1. The fourth-order valence-corrected chi connectivity index (χ4v) is 3.54. The molecule has 0 spiro atoms. The Hall–Kier alpha value is -1.21. The number of rotatable bonds is 8. The molecule has 1 saturated heterocycles. The van der Waals surface area contributed by atoms with Crippen molar-refractivity contribution in [2.45, 2.75) is 39.0 Å². The Bertz CT molecular complexity index is 612. The van der Waals surface area contributed by atoms with Gasteiger partial charge >= 0.3 is 5.97 Å². The van der Waals surface area contributed by atoms with E-state index in [4.69, 9.17) is 9.47 Å². The van der Waals surface area contributed by atoms with Crippen LogP contribution in [0.1, 0.15) is 31.7 Å². The topological polar surface area (TPSA) is 38.8 Å². The predicted octanol–water partition coefficient (Wildman–Crippen LogP) is 4.44. The minimum absolute atomic E-state index is 0.0680. The molecule has 26 heavy (non-hydrogen) atoms. The Morgan fingerprint density at radius 2 is 2.19 bits per heavy atom. The SMILES string of the molecule is CCOC(=O)CN1CC[C@@H](CCCOc2cccc(Br)c2C)C(F)(F)C1. The normalized spacial score (nSPS) is 20.0. The van der Waals surface area contributed by atoms with E-state index in [9.17, 15) is 13.6 Å². The highest BCUT2D eigenvalue weighted by Crippen LogP contribution is 2.36. The summed E-state index contributed by atoms with van der Waals surface area (Å²) in [4.78, 5) is 13.0. The van der Waals surface area contributed by atoms with E-state index < -0.39 is 17.8 Å². The van der Waals surface area contributed by atoms with Gasteiger partial charge in [0.05, 0.1) is 26.3 Å². The number of hydrogen-bond donors (Lipinski definition) is 0. The van der Waals surface area contributed by atoms with Crippen LogP contribution in [0.15, 0.2) is 22.7 Å². The van der Waals surface area contributed by atoms with Crippen LogP contribution in [-0.4, -0.2) is 49.6 Å². The number of halogens is 3. The van der Waals surface area contributed by atoms with Crippen molar-refractivity contribution in [3.05, 3.63) is 28.2 Å². The van der Waals surface area contributed by atoms with Gasteiger partial charge in [-0.3, -0.25) is 9.69 Å². The molecule has 4 nitrogen and oxygen atoms in total. The molecule has 1 aromatic carbocycles. The van der Waals surface area contributed by atoms with Crippen LogP contribution < -0.4 is 4.74 Å². The van der Waals surface area contributed by atoms with Crippen molar-refractivity contribution in [3.8, 4) is 5.75 Å². The van der Waals surface area contributed by atoms with Gasteiger partial charge in [-0.15, -0.1) is 0 Å². The first-order valence-corrected chi connectivity index (χ1v) is 9.76. The Balaban J connectivity index is 1.76. The molecule has 7 heteroatoms. The number of hydrogen-bond acceptors (Lipinski definition) is 4. The van der Waals surface area contributed by atoms with Gasteiger partial charge in [-0.05, 0) is 51.8 Å². The summed E-state index contributed by atoms with van der Waals surface area (Å²) in [5.74, 6) is -3.14. The van der Waals surface area contributed by atoms with Crippen LogP contribution in [0.25, 0.3) is 0 Å². The molecule has 0 saturated carbocycles. The summed E-state index contributed by atoms with van der Waals surface area (Å²) < 4.78 is 40.3. The van der Waals surface area contributed by atoms with Crippen LogP contribution in [0.5, 0.6) is 5.75 Å². The summed E-state index contributed by atoms with van der Waals surface area (Å²) in [5, 5.41) is 0. The third-order valence-corrected chi connectivity index (χ3v) is 5.52. The molecule has 1 heterocycles. The summed E-state index contributed by atoms with van der Waals surface area (Å²) in [6.07, 6.45) is 1.36. The molecule has 0 aromatic heterocycles. The Labute approximate surface area is 162 Å². The maximum absolute atomic E-state index is 14.4. The van der Waals surface area contributed by atoms with Crippen molar-refractivity contribution >= 4 is 21.9 Å². The van der Waals surface area contributed by atoms with Crippen LogP contribution in [0.4, 0.5) is 8.78 Å². The number of ether oxygens (including phenoxy) is 2. The lowest BCUT2D eigenvalue weighted by Gasteiger charge is -2.37. The molecule has 146 valence electrons. The first kappa shape index (κ1) is 21.1. The van der Waals surface area contributed by atoms with E-state index in [1.807, 2.05) is 25.1 Å². The summed E-state index contributed by atoms with van der Waals surface area (Å²) in [5.41, 5.74) is 1.00. The van der Waals surface area contributed by atoms with Gasteiger partial charge in [0.15, 0.2) is 0 Å². The lowest BCUT2D eigenvalue weighted by Crippen LogP contribution is -2.50. The van der Waals surface area contributed by atoms with Gasteiger partial charge in [-0.2, -0.15) is 0 Å². The van der Waals surface area contributed by atoms with E-state index in [1.165, 1.54) is 4.90 Å². The summed E-state index contributed by atoms with van der Waals surface area (Å²) in [6, 6.07) is 5.70. The monoisotopic (exact) mass is 433 g/mol. The molecule has 1 aromatic rings. The summed E-state index contributed by atoms with van der Waals surface area (Å²) in [6.45, 7) is 4.37. The zero-order valence-electron chi connectivity index (χ0n) is 15.3. The number of likely N-dealkylation sites (tertiary alicyclic amines) is 1. The second kappa shape index (κ2) is 9.65. The molecule has 1 aliphatic rings. The van der Waals surface area contributed by atoms with Crippen molar-refractivity contribution in [3.63, 3.8) is 0 Å². The smallest absolute Gasteiger partial charge is 0.320 e. The van der Waals surface area contributed by atoms with E-state index in [0.717, 1.165) is 15.8 Å². The van der Waals surface area contributed by atoms with E-state index in [2.05, 4.69) is 15.9 Å². The number of benzene rings is 1. The quantitative estimate of drug-likeness (QED) is 0.448. The number of piperidine rings is 1. The van der Waals surface area contributed by atoms with Gasteiger partial charge in [0, 0.05) is 16.0 Å².